The molecule has 4 aliphatic rings. The molecule has 0 heterocycles. The lowest BCUT2D eigenvalue weighted by molar-refractivity contribution is -0.160. The van der Waals surface area contributed by atoms with Crippen LogP contribution in [0.4, 0.5) is 0 Å². The van der Waals surface area contributed by atoms with E-state index < -0.39 is 0 Å². The van der Waals surface area contributed by atoms with Gasteiger partial charge in [0, 0.05) is 18.3 Å². The normalized spacial score (nSPS) is 47.7. The molecule has 0 amide bonds. The van der Waals surface area contributed by atoms with Gasteiger partial charge in [-0.1, -0.05) is 20.8 Å². The number of esters is 1. The number of hydrogen-bond donors (Lipinski definition) is 1. The Morgan fingerprint density at radius 2 is 1.93 bits per heavy atom. The van der Waals surface area contributed by atoms with E-state index in [1.807, 2.05) is 0 Å². The van der Waals surface area contributed by atoms with Crippen molar-refractivity contribution in [3.05, 3.63) is 0 Å². The minimum atomic E-state index is -0.214. The number of ketones is 1. The number of aliphatic hydroxyl groups is 1. The lowest BCUT2D eigenvalue weighted by atomic mass is 9.44. The fourth-order valence-corrected chi connectivity index (χ4v) is 8.53. The van der Waals surface area contributed by atoms with Gasteiger partial charge in [-0.2, -0.15) is 0 Å². The summed E-state index contributed by atoms with van der Waals surface area (Å²) < 4.78 is 4.83. The van der Waals surface area contributed by atoms with Crippen molar-refractivity contribution in [1.29, 1.82) is 0 Å². The first kappa shape index (κ1) is 21.3. The lowest BCUT2D eigenvalue weighted by Gasteiger charge is -2.60. The van der Waals surface area contributed by atoms with Crippen LogP contribution in [0.15, 0.2) is 0 Å². The van der Waals surface area contributed by atoms with E-state index in [2.05, 4.69) is 20.8 Å². The second-order valence-electron chi connectivity index (χ2n) is 11.3. The van der Waals surface area contributed by atoms with E-state index >= 15 is 0 Å². The van der Waals surface area contributed by atoms with Gasteiger partial charge >= 0.3 is 5.97 Å². The average molecular weight is 405 g/mol. The molecule has 0 aromatic carbocycles. The van der Waals surface area contributed by atoms with Crippen molar-refractivity contribution >= 4 is 11.8 Å². The highest BCUT2D eigenvalue weighted by molar-refractivity contribution is 5.87. The fraction of sp³-hybridized carbons (Fsp3) is 0.920. The monoisotopic (exact) mass is 404 g/mol. The molecular weight excluding hydrogens is 364 g/mol. The van der Waals surface area contributed by atoms with Crippen molar-refractivity contribution in [2.75, 3.05) is 7.11 Å². The largest absolute Gasteiger partial charge is 0.469 e. The first-order chi connectivity index (χ1) is 13.7. The summed E-state index contributed by atoms with van der Waals surface area (Å²) in [6, 6.07) is 0. The minimum Gasteiger partial charge on any atom is -0.469 e. The van der Waals surface area contributed by atoms with Crippen LogP contribution < -0.4 is 0 Å². The molecule has 29 heavy (non-hydrogen) atoms. The summed E-state index contributed by atoms with van der Waals surface area (Å²) in [5.74, 6) is 3.37. The molecule has 0 aromatic rings. The maximum Gasteiger partial charge on any atom is 0.305 e. The van der Waals surface area contributed by atoms with Gasteiger partial charge in [-0.3, -0.25) is 9.59 Å². The van der Waals surface area contributed by atoms with Crippen LogP contribution in [0.5, 0.6) is 0 Å². The highest BCUT2D eigenvalue weighted by atomic mass is 16.5. The van der Waals surface area contributed by atoms with Crippen molar-refractivity contribution in [1.82, 2.24) is 0 Å². The summed E-state index contributed by atoms with van der Waals surface area (Å²) >= 11 is 0. The summed E-state index contributed by atoms with van der Waals surface area (Å²) in [6.07, 6.45) is 9.53. The summed E-state index contributed by atoms with van der Waals surface area (Å²) in [4.78, 5) is 25.3. The van der Waals surface area contributed by atoms with Gasteiger partial charge in [0.2, 0.25) is 0 Å². The second-order valence-corrected chi connectivity index (χ2v) is 11.3. The van der Waals surface area contributed by atoms with Gasteiger partial charge in [0.05, 0.1) is 13.2 Å². The third-order valence-electron chi connectivity index (χ3n) is 10.3. The topological polar surface area (TPSA) is 63.6 Å². The average Bonchev–Trinajstić information content (AvgIpc) is 3.06. The van der Waals surface area contributed by atoms with Crippen LogP contribution in [0.2, 0.25) is 0 Å². The molecule has 0 aliphatic heterocycles. The Bertz CT molecular complexity index is 659. The number of methoxy groups -OCH3 is 1. The van der Waals surface area contributed by atoms with Crippen molar-refractivity contribution in [3.63, 3.8) is 0 Å². The molecule has 4 aliphatic carbocycles. The summed E-state index contributed by atoms with van der Waals surface area (Å²) in [5, 5.41) is 10.2. The quantitative estimate of drug-likeness (QED) is 0.685. The molecule has 0 aromatic heterocycles. The molecular formula is C25H40O4. The highest BCUT2D eigenvalue weighted by Crippen LogP contribution is 2.67. The Morgan fingerprint density at radius 1 is 1.17 bits per heavy atom. The zero-order valence-corrected chi connectivity index (χ0v) is 18.8. The van der Waals surface area contributed by atoms with E-state index in [4.69, 9.17) is 4.74 Å². The molecule has 164 valence electrons. The molecule has 0 bridgehead atoms. The van der Waals surface area contributed by atoms with Crippen LogP contribution in [-0.2, 0) is 14.3 Å². The van der Waals surface area contributed by atoms with Crippen LogP contribution in [0.25, 0.3) is 0 Å². The maximum atomic E-state index is 13.7. The van der Waals surface area contributed by atoms with E-state index in [1.54, 1.807) is 0 Å². The Morgan fingerprint density at radius 3 is 2.66 bits per heavy atom. The van der Waals surface area contributed by atoms with E-state index in [9.17, 15) is 14.7 Å². The van der Waals surface area contributed by atoms with Crippen LogP contribution in [0.3, 0.4) is 0 Å². The smallest absolute Gasteiger partial charge is 0.305 e. The highest BCUT2D eigenvalue weighted by Gasteiger charge is 2.63. The van der Waals surface area contributed by atoms with Crippen LogP contribution in [-0.4, -0.2) is 30.1 Å². The number of aliphatic hydroxyl groups excluding tert-OH is 1. The number of Topliss-reactive ketones (excluding diaryl/α,β-unsaturated/α-hetero) is 1. The third-order valence-corrected chi connectivity index (χ3v) is 10.3. The second kappa shape index (κ2) is 7.66. The first-order valence-corrected chi connectivity index (χ1v) is 12.0. The van der Waals surface area contributed by atoms with E-state index in [1.165, 1.54) is 26.4 Å². The zero-order chi connectivity index (χ0) is 21.0. The SMILES string of the molecule is COC(=O)CCC(C)C1CCC2C3CC[C@@H]4C[C@@H](O)CCC4(C)C3CC(=O)C12C. The Hall–Kier alpha value is -0.900. The molecule has 9 atom stereocenters. The minimum absolute atomic E-state index is 0.138. The molecule has 7 unspecified atom stereocenters. The van der Waals surface area contributed by atoms with Crippen molar-refractivity contribution in [2.24, 2.45) is 46.3 Å². The maximum absolute atomic E-state index is 13.7. The van der Waals surface area contributed by atoms with Gasteiger partial charge in [-0.15, -0.1) is 0 Å². The molecule has 0 spiro atoms. The molecule has 4 saturated carbocycles. The number of fused-ring (bicyclic) bond motifs is 5. The zero-order valence-electron chi connectivity index (χ0n) is 18.8. The number of ether oxygens (including phenoxy) is 1. The number of hydrogen-bond acceptors (Lipinski definition) is 4. The van der Waals surface area contributed by atoms with Crippen molar-refractivity contribution < 1.29 is 19.4 Å². The third kappa shape index (κ3) is 3.28. The molecule has 4 rings (SSSR count). The van der Waals surface area contributed by atoms with Gasteiger partial charge in [-0.05, 0) is 92.3 Å². The molecule has 0 saturated heterocycles. The fourth-order valence-electron chi connectivity index (χ4n) is 8.53. The van der Waals surface area contributed by atoms with Crippen LogP contribution in [0.1, 0.15) is 85.0 Å². The predicted molar refractivity (Wildman–Crippen MR) is 112 cm³/mol. The Kier molecular flexibility index (Phi) is 5.63. The molecule has 0 radical (unpaired) electrons. The van der Waals surface area contributed by atoms with Gasteiger partial charge < -0.3 is 9.84 Å². The van der Waals surface area contributed by atoms with E-state index in [0.717, 1.165) is 38.5 Å². The van der Waals surface area contributed by atoms with E-state index in [0.29, 0.717) is 47.7 Å². The summed E-state index contributed by atoms with van der Waals surface area (Å²) in [5.41, 5.74) is 0.0157. The summed E-state index contributed by atoms with van der Waals surface area (Å²) in [6.45, 7) is 6.94. The Labute approximate surface area is 176 Å². The first-order valence-electron chi connectivity index (χ1n) is 12.0. The number of carbonyl (C=O) groups excluding carboxylic acids is 2. The van der Waals surface area contributed by atoms with Gasteiger partial charge in [0.1, 0.15) is 5.78 Å². The number of carbonyl (C=O) groups is 2. The lowest BCUT2D eigenvalue weighted by Crippen LogP contribution is -2.57. The molecule has 4 fully saturated rings. The standard InChI is InChI=1S/C25H40O4/c1-15(5-10-23(28)29-4)19-8-9-20-18-7-6-16-13-17(26)11-12-24(16,2)21(18)14-22(27)25(19,20)3/h15-21,26H,5-14H2,1-4H3/t15?,16-,17+,18?,19?,20?,21?,24?,25?/m1/s1. The van der Waals surface area contributed by atoms with Crippen molar-refractivity contribution in [3.8, 4) is 0 Å². The van der Waals surface area contributed by atoms with Gasteiger partial charge in [0.15, 0.2) is 0 Å². The predicted octanol–water partition coefficient (Wildman–Crippen LogP) is 4.77. The van der Waals surface area contributed by atoms with Gasteiger partial charge in [0.25, 0.3) is 0 Å². The van der Waals surface area contributed by atoms with Gasteiger partial charge in [-0.25, -0.2) is 0 Å². The number of rotatable bonds is 4. The molecule has 1 N–H and O–H groups in total. The Balaban J connectivity index is 1.54. The van der Waals surface area contributed by atoms with Crippen LogP contribution in [0, 0.1) is 46.3 Å². The summed E-state index contributed by atoms with van der Waals surface area (Å²) in [7, 11) is 1.45. The van der Waals surface area contributed by atoms with Crippen LogP contribution >= 0.6 is 0 Å². The van der Waals surface area contributed by atoms with E-state index in [-0.39, 0.29) is 22.9 Å². The molecule has 4 heteroatoms. The molecule has 4 nitrogen and oxygen atoms in total. The van der Waals surface area contributed by atoms with Crippen molar-refractivity contribution in [2.45, 2.75) is 91.1 Å².